The molecule has 254 valence electrons. The molecule has 9 rings (SSSR count). The van der Waals surface area contributed by atoms with E-state index in [2.05, 4.69) is 5.10 Å². The predicted octanol–water partition coefficient (Wildman–Crippen LogP) is 5.69. The topological polar surface area (TPSA) is 113 Å². The molecule has 2 aliphatic heterocycles. The standard InChI is InChI=1S/C41H36N6O4/c48-26-40(28-9-3-1-4-10-28,44-23-7-13-34(44)38(50)46-30-15-16-31(46)18-17-30)36-25-37(43-42-36)41(27-49,29-11-5-2-6-12-29)45-24-8-14-35(45)39(51)47-32-19-20-33(47)22-21-32/h1-6,9-12,15-22,25-27,34-35H,7-8,13-14,23-24H2,(H,42,43)/t34?,35?,40-,41?/m1/s1. The molecule has 0 spiro atoms. The Morgan fingerprint density at radius 1 is 0.608 bits per heavy atom. The zero-order valence-corrected chi connectivity index (χ0v) is 27.9. The Morgan fingerprint density at radius 3 is 1.45 bits per heavy atom. The number of rotatable bonds is 10. The maximum absolute atomic E-state index is 14.3. The van der Waals surface area contributed by atoms with Crippen LogP contribution in [0.15, 0.2) is 115 Å². The molecule has 51 heavy (non-hydrogen) atoms. The number of hydrogen-bond donors (Lipinski definition) is 1. The summed E-state index contributed by atoms with van der Waals surface area (Å²) in [5, 5.41) is 8.04. The van der Waals surface area contributed by atoms with Gasteiger partial charge < -0.3 is 9.59 Å². The summed E-state index contributed by atoms with van der Waals surface area (Å²) in [5.74, 6) is -0.180. The molecular formula is C41H36N6O4. The Kier molecular flexibility index (Phi) is 7.34. The highest BCUT2D eigenvalue weighted by Gasteiger charge is 2.53. The Morgan fingerprint density at radius 2 is 1.02 bits per heavy atom. The van der Waals surface area contributed by atoms with Crippen LogP contribution in [0.2, 0.25) is 0 Å². The summed E-state index contributed by atoms with van der Waals surface area (Å²) in [7, 11) is 0. The second-order valence-electron chi connectivity index (χ2n) is 13.8. The van der Waals surface area contributed by atoms with E-state index in [1.807, 2.05) is 119 Å². The lowest BCUT2D eigenvalue weighted by Gasteiger charge is -2.41. The minimum absolute atomic E-state index is 0.0880. The minimum atomic E-state index is -1.45. The molecule has 0 amide bonds. The van der Waals surface area contributed by atoms with Crippen molar-refractivity contribution in [1.82, 2.24) is 29.1 Å². The van der Waals surface area contributed by atoms with Gasteiger partial charge in [-0.15, -0.1) is 0 Å². The van der Waals surface area contributed by atoms with E-state index in [-0.39, 0.29) is 11.8 Å². The second kappa shape index (κ2) is 12.0. The zero-order chi connectivity index (χ0) is 34.7. The van der Waals surface area contributed by atoms with E-state index in [1.165, 1.54) is 0 Å². The molecule has 7 aromatic rings. The summed E-state index contributed by atoms with van der Waals surface area (Å²) in [6.07, 6.45) is 4.37. The molecule has 2 aromatic carbocycles. The molecule has 2 fully saturated rings. The van der Waals surface area contributed by atoms with Gasteiger partial charge in [0.25, 0.3) is 0 Å². The number of likely N-dealkylation sites (tertiary alicyclic amines) is 2. The van der Waals surface area contributed by atoms with Crippen LogP contribution < -0.4 is 0 Å². The van der Waals surface area contributed by atoms with Gasteiger partial charge in [0.2, 0.25) is 11.8 Å². The first-order valence-corrected chi connectivity index (χ1v) is 17.5. The minimum Gasteiger partial charge on any atom is -0.300 e. The number of nitrogens with zero attached hydrogens (tertiary/aromatic N) is 5. The number of hydrogen-bond acceptors (Lipinski definition) is 7. The van der Waals surface area contributed by atoms with E-state index in [1.54, 1.807) is 15.2 Å². The summed E-state index contributed by atoms with van der Waals surface area (Å²) in [6.45, 7) is 0.981. The maximum Gasteiger partial charge on any atom is 0.248 e. The van der Waals surface area contributed by atoms with Gasteiger partial charge in [-0.05, 0) is 91.4 Å². The van der Waals surface area contributed by atoms with Crippen LogP contribution in [-0.2, 0) is 20.7 Å². The highest BCUT2D eigenvalue weighted by molar-refractivity contribution is 5.97. The second-order valence-corrected chi connectivity index (χ2v) is 13.8. The van der Waals surface area contributed by atoms with Crippen LogP contribution in [0.25, 0.3) is 22.1 Å². The zero-order valence-electron chi connectivity index (χ0n) is 27.9. The number of benzene rings is 4. The number of aldehydes is 2. The van der Waals surface area contributed by atoms with Gasteiger partial charge in [-0.3, -0.25) is 33.6 Å². The van der Waals surface area contributed by atoms with E-state index in [9.17, 15) is 19.2 Å². The van der Waals surface area contributed by atoms with Crippen LogP contribution in [-0.4, -0.2) is 78.7 Å². The summed E-state index contributed by atoms with van der Waals surface area (Å²) < 4.78 is 3.46. The molecule has 0 saturated carbocycles. The third-order valence-electron chi connectivity index (χ3n) is 11.3. The lowest BCUT2D eigenvalue weighted by atomic mass is 9.82. The van der Waals surface area contributed by atoms with Crippen molar-refractivity contribution >= 4 is 46.5 Å². The third-order valence-corrected chi connectivity index (χ3v) is 11.3. The Balaban J connectivity index is 1.19. The van der Waals surface area contributed by atoms with Gasteiger partial charge in [0.1, 0.15) is 11.1 Å². The van der Waals surface area contributed by atoms with Crippen LogP contribution in [0.4, 0.5) is 0 Å². The van der Waals surface area contributed by atoms with Crippen LogP contribution in [0.5, 0.6) is 0 Å². The van der Waals surface area contributed by atoms with Gasteiger partial charge in [0.15, 0.2) is 12.6 Å². The van der Waals surface area contributed by atoms with Crippen molar-refractivity contribution in [1.29, 1.82) is 0 Å². The number of aromatic amines is 1. The van der Waals surface area contributed by atoms with Crippen molar-refractivity contribution in [2.75, 3.05) is 13.1 Å². The van der Waals surface area contributed by atoms with Gasteiger partial charge in [-0.2, -0.15) is 5.10 Å². The van der Waals surface area contributed by atoms with Crippen LogP contribution in [0.3, 0.4) is 0 Å². The summed E-state index contributed by atoms with van der Waals surface area (Å²) in [5.41, 5.74) is 2.57. The maximum atomic E-state index is 14.3. The number of carbonyl (C=O) groups excluding carboxylic acids is 4. The fourth-order valence-corrected chi connectivity index (χ4v) is 8.93. The van der Waals surface area contributed by atoms with E-state index in [0.29, 0.717) is 54.9 Å². The quantitative estimate of drug-likeness (QED) is 0.185. The van der Waals surface area contributed by atoms with Crippen LogP contribution in [0, 0.1) is 0 Å². The molecule has 7 heterocycles. The average Bonchev–Trinajstić information content (AvgIpc) is 4.04. The molecule has 3 unspecified atom stereocenters. The van der Waals surface area contributed by atoms with Gasteiger partial charge in [0.05, 0.1) is 23.5 Å². The van der Waals surface area contributed by atoms with Crippen molar-refractivity contribution in [2.45, 2.75) is 48.8 Å². The van der Waals surface area contributed by atoms with Crippen molar-refractivity contribution in [3.8, 4) is 0 Å². The first kappa shape index (κ1) is 31.3. The lowest BCUT2D eigenvalue weighted by molar-refractivity contribution is -0.117. The van der Waals surface area contributed by atoms with Gasteiger partial charge in [-0.25, -0.2) is 0 Å². The summed E-state index contributed by atoms with van der Waals surface area (Å²) in [6, 6.07) is 34.8. The Labute approximate surface area is 293 Å². The Hall–Kier alpha value is -5.71. The molecule has 10 nitrogen and oxygen atoms in total. The number of nitrogens with one attached hydrogen (secondary N) is 1. The van der Waals surface area contributed by atoms with Crippen LogP contribution in [0.1, 0.15) is 57.8 Å². The largest absolute Gasteiger partial charge is 0.300 e. The molecule has 4 atom stereocenters. The predicted molar refractivity (Wildman–Crippen MR) is 192 cm³/mol. The average molecular weight is 677 g/mol. The van der Waals surface area contributed by atoms with Crippen molar-refractivity contribution in [3.63, 3.8) is 0 Å². The fourth-order valence-electron chi connectivity index (χ4n) is 8.93. The van der Waals surface area contributed by atoms with Crippen molar-refractivity contribution in [2.24, 2.45) is 0 Å². The lowest BCUT2D eigenvalue weighted by Crippen LogP contribution is -2.54. The third kappa shape index (κ3) is 4.46. The number of carbonyl (C=O) groups is 4. The fraction of sp³-hybridized carbons (Fsp3) is 0.244. The Bertz CT molecular complexity index is 2100. The first-order chi connectivity index (χ1) is 25.0. The molecule has 10 heteroatoms. The monoisotopic (exact) mass is 676 g/mol. The number of fused-ring (bicyclic) bond motifs is 4. The highest BCUT2D eigenvalue weighted by Crippen LogP contribution is 2.44. The van der Waals surface area contributed by atoms with E-state index in [4.69, 9.17) is 5.10 Å². The van der Waals surface area contributed by atoms with E-state index < -0.39 is 23.2 Å². The molecule has 1 N–H and O–H groups in total. The highest BCUT2D eigenvalue weighted by atomic mass is 16.2. The van der Waals surface area contributed by atoms with Gasteiger partial charge in [-0.1, -0.05) is 60.7 Å². The SMILES string of the molecule is O=CC(c1ccccc1)(c1cc([C@@](C=O)(c2ccccc2)N2CCCC2C(=O)n2c3ccc2cc3)n[nH]1)N1CCCC1C(=O)n1c2ccc1cc2. The van der Waals surface area contributed by atoms with E-state index >= 15 is 0 Å². The summed E-state index contributed by atoms with van der Waals surface area (Å²) >= 11 is 0. The van der Waals surface area contributed by atoms with Gasteiger partial charge >= 0.3 is 0 Å². The number of H-pyrrole nitrogens is 1. The smallest absolute Gasteiger partial charge is 0.248 e. The molecule has 2 saturated heterocycles. The first-order valence-electron chi connectivity index (χ1n) is 17.5. The number of aromatic nitrogens is 4. The van der Waals surface area contributed by atoms with Crippen LogP contribution >= 0.6 is 0 Å². The summed E-state index contributed by atoms with van der Waals surface area (Å²) in [4.78, 5) is 60.3. The molecular weight excluding hydrogens is 640 g/mol. The molecule has 2 aliphatic rings. The normalized spacial score (nSPS) is 20.9. The van der Waals surface area contributed by atoms with Crippen molar-refractivity contribution < 1.29 is 19.2 Å². The molecule has 5 aromatic heterocycles. The molecule has 0 aliphatic carbocycles. The molecule has 4 bridgehead atoms. The van der Waals surface area contributed by atoms with Gasteiger partial charge in [0, 0.05) is 35.2 Å². The molecule has 0 radical (unpaired) electrons. The van der Waals surface area contributed by atoms with E-state index in [0.717, 1.165) is 41.1 Å². The van der Waals surface area contributed by atoms with Crippen molar-refractivity contribution in [3.05, 3.63) is 138 Å².